The van der Waals surface area contributed by atoms with Gasteiger partial charge in [-0.2, -0.15) is 0 Å². The highest BCUT2D eigenvalue weighted by Crippen LogP contribution is 2.06. The van der Waals surface area contributed by atoms with E-state index in [4.69, 9.17) is 0 Å². The lowest BCUT2D eigenvalue weighted by molar-refractivity contribution is 1.56. The Morgan fingerprint density at radius 1 is 0.545 bits per heavy atom. The summed E-state index contributed by atoms with van der Waals surface area (Å²) in [6.07, 6.45) is 0. The standard InChI is InChI=1S/C22H13/c1-3-9-19(10-4-1)15-17-21-13-7-8-14-22(21)18-16-20-11-5-2-6-12-20/h1-13H. The van der Waals surface area contributed by atoms with Gasteiger partial charge in [0.25, 0.3) is 0 Å². The van der Waals surface area contributed by atoms with Crippen LogP contribution in [0.1, 0.15) is 22.3 Å². The molecule has 0 atom stereocenters. The molecule has 0 fully saturated rings. The van der Waals surface area contributed by atoms with E-state index in [0.717, 1.165) is 22.3 Å². The van der Waals surface area contributed by atoms with Crippen molar-refractivity contribution in [3.63, 3.8) is 0 Å². The lowest BCUT2D eigenvalue weighted by Gasteiger charge is -1.95. The van der Waals surface area contributed by atoms with E-state index in [1.807, 2.05) is 78.9 Å². The van der Waals surface area contributed by atoms with Crippen molar-refractivity contribution < 1.29 is 0 Å². The average Bonchev–Trinajstić information content (AvgIpc) is 2.61. The Kier molecular flexibility index (Phi) is 4.36. The molecule has 0 unspecified atom stereocenters. The molecule has 3 aromatic rings. The van der Waals surface area contributed by atoms with Gasteiger partial charge >= 0.3 is 0 Å². The molecule has 0 nitrogen and oxygen atoms in total. The summed E-state index contributed by atoms with van der Waals surface area (Å²) >= 11 is 0. The fourth-order valence-electron chi connectivity index (χ4n) is 1.96. The molecule has 0 aliphatic heterocycles. The second-order valence-electron chi connectivity index (χ2n) is 4.69. The van der Waals surface area contributed by atoms with Gasteiger partial charge in [-0.1, -0.05) is 72.2 Å². The maximum Gasteiger partial charge on any atom is 0.0484 e. The van der Waals surface area contributed by atoms with Crippen molar-refractivity contribution in [3.05, 3.63) is 107 Å². The van der Waals surface area contributed by atoms with Gasteiger partial charge in [0, 0.05) is 22.3 Å². The first-order valence-corrected chi connectivity index (χ1v) is 7.07. The molecule has 0 amide bonds. The number of hydrogen-bond donors (Lipinski definition) is 0. The van der Waals surface area contributed by atoms with Gasteiger partial charge in [-0.3, -0.25) is 0 Å². The predicted octanol–water partition coefficient (Wildman–Crippen LogP) is 4.29. The van der Waals surface area contributed by atoms with Crippen LogP contribution in [0.4, 0.5) is 0 Å². The van der Waals surface area contributed by atoms with E-state index in [2.05, 4.69) is 29.7 Å². The normalized spacial score (nSPS) is 9.09. The van der Waals surface area contributed by atoms with E-state index in [1.165, 1.54) is 0 Å². The first-order valence-electron chi connectivity index (χ1n) is 7.07. The van der Waals surface area contributed by atoms with Crippen molar-refractivity contribution in [2.24, 2.45) is 0 Å². The van der Waals surface area contributed by atoms with Crippen molar-refractivity contribution in [1.29, 1.82) is 0 Å². The minimum Gasteiger partial charge on any atom is -0.0622 e. The lowest BCUT2D eigenvalue weighted by atomic mass is 10.1. The minimum absolute atomic E-state index is 0.829. The van der Waals surface area contributed by atoms with Crippen LogP contribution in [-0.4, -0.2) is 0 Å². The number of hydrogen-bond acceptors (Lipinski definition) is 0. The van der Waals surface area contributed by atoms with Gasteiger partial charge in [0.05, 0.1) is 0 Å². The molecule has 0 aliphatic carbocycles. The number of benzene rings is 3. The molecular weight excluding hydrogens is 264 g/mol. The molecule has 101 valence electrons. The highest BCUT2D eigenvalue weighted by atomic mass is 14.0. The molecule has 1 radical (unpaired) electrons. The summed E-state index contributed by atoms with van der Waals surface area (Å²) in [6, 6.07) is 28.8. The van der Waals surface area contributed by atoms with Gasteiger partial charge in [-0.15, -0.1) is 0 Å². The van der Waals surface area contributed by atoms with Gasteiger partial charge in [0.15, 0.2) is 0 Å². The molecule has 0 aliphatic rings. The fourth-order valence-corrected chi connectivity index (χ4v) is 1.96. The van der Waals surface area contributed by atoms with Crippen molar-refractivity contribution in [3.8, 4) is 23.7 Å². The van der Waals surface area contributed by atoms with E-state index in [1.54, 1.807) is 0 Å². The molecule has 0 heterocycles. The molecule has 3 rings (SSSR count). The van der Waals surface area contributed by atoms with Gasteiger partial charge in [-0.05, 0) is 36.4 Å². The zero-order valence-corrected chi connectivity index (χ0v) is 12.0. The SMILES string of the molecule is C(#Cc1[c]cccc1C#Cc1ccccc1)c1ccccc1. The van der Waals surface area contributed by atoms with E-state index < -0.39 is 0 Å². The van der Waals surface area contributed by atoms with Crippen LogP contribution in [0, 0.1) is 29.7 Å². The summed E-state index contributed by atoms with van der Waals surface area (Å²) in [5.74, 6) is 12.7. The number of rotatable bonds is 0. The van der Waals surface area contributed by atoms with Crippen LogP contribution in [0.2, 0.25) is 0 Å². The van der Waals surface area contributed by atoms with E-state index in [-0.39, 0.29) is 0 Å². The fraction of sp³-hybridized carbons (Fsp3) is 0. The lowest BCUT2D eigenvalue weighted by Crippen LogP contribution is -1.84. The monoisotopic (exact) mass is 277 g/mol. The van der Waals surface area contributed by atoms with E-state index in [0.29, 0.717) is 0 Å². The van der Waals surface area contributed by atoms with Crippen LogP contribution in [-0.2, 0) is 0 Å². The largest absolute Gasteiger partial charge is 0.0622 e. The first kappa shape index (κ1) is 13.7. The molecule has 3 aromatic carbocycles. The molecule has 22 heavy (non-hydrogen) atoms. The Morgan fingerprint density at radius 3 is 1.77 bits per heavy atom. The Morgan fingerprint density at radius 2 is 1.14 bits per heavy atom. The summed E-state index contributed by atoms with van der Waals surface area (Å²) in [7, 11) is 0. The maximum atomic E-state index is 3.18. The summed E-state index contributed by atoms with van der Waals surface area (Å²) in [5.41, 5.74) is 3.71. The third-order valence-electron chi connectivity index (χ3n) is 3.08. The van der Waals surface area contributed by atoms with Crippen LogP contribution in [0.3, 0.4) is 0 Å². The molecule has 0 saturated heterocycles. The van der Waals surface area contributed by atoms with Gasteiger partial charge in [0.2, 0.25) is 0 Å². The van der Waals surface area contributed by atoms with Crippen molar-refractivity contribution in [2.75, 3.05) is 0 Å². The predicted molar refractivity (Wildman–Crippen MR) is 90.1 cm³/mol. The molecule has 0 saturated carbocycles. The van der Waals surface area contributed by atoms with Crippen LogP contribution in [0.5, 0.6) is 0 Å². The van der Waals surface area contributed by atoms with Gasteiger partial charge < -0.3 is 0 Å². The Hall–Kier alpha value is -3.22. The van der Waals surface area contributed by atoms with E-state index in [9.17, 15) is 0 Å². The van der Waals surface area contributed by atoms with Crippen LogP contribution >= 0.6 is 0 Å². The quantitative estimate of drug-likeness (QED) is 0.538. The third-order valence-corrected chi connectivity index (χ3v) is 3.08. The highest BCUT2D eigenvalue weighted by Gasteiger charge is 1.95. The maximum absolute atomic E-state index is 3.18. The first-order chi connectivity index (χ1) is 10.9. The highest BCUT2D eigenvalue weighted by molar-refractivity contribution is 5.53. The van der Waals surface area contributed by atoms with Crippen molar-refractivity contribution in [2.45, 2.75) is 0 Å². The van der Waals surface area contributed by atoms with Crippen molar-refractivity contribution >= 4 is 0 Å². The van der Waals surface area contributed by atoms with Crippen molar-refractivity contribution in [1.82, 2.24) is 0 Å². The Bertz CT molecular complexity index is 791. The Labute approximate surface area is 131 Å². The third kappa shape index (κ3) is 3.66. The average molecular weight is 277 g/mol. The molecular formula is C22H13. The molecule has 0 heteroatoms. The summed E-state index contributed by atoms with van der Waals surface area (Å²) < 4.78 is 0. The molecule has 0 spiro atoms. The smallest absolute Gasteiger partial charge is 0.0484 e. The van der Waals surface area contributed by atoms with E-state index >= 15 is 0 Å². The summed E-state index contributed by atoms with van der Waals surface area (Å²) in [4.78, 5) is 0. The van der Waals surface area contributed by atoms with Crippen LogP contribution in [0.15, 0.2) is 78.9 Å². The molecule has 0 bridgehead atoms. The minimum atomic E-state index is 0.829. The Balaban J connectivity index is 1.92. The second-order valence-corrected chi connectivity index (χ2v) is 4.69. The summed E-state index contributed by atoms with van der Waals surface area (Å²) in [6.45, 7) is 0. The topological polar surface area (TPSA) is 0 Å². The second kappa shape index (κ2) is 6.98. The zero-order chi connectivity index (χ0) is 15.0. The molecule has 0 aromatic heterocycles. The summed E-state index contributed by atoms with van der Waals surface area (Å²) in [5, 5.41) is 0. The zero-order valence-electron chi connectivity index (χ0n) is 12.0. The molecule has 0 N–H and O–H groups in total. The van der Waals surface area contributed by atoms with Gasteiger partial charge in [0.1, 0.15) is 0 Å². The van der Waals surface area contributed by atoms with Gasteiger partial charge in [-0.25, -0.2) is 0 Å². The van der Waals surface area contributed by atoms with Crippen LogP contribution < -0.4 is 0 Å². The van der Waals surface area contributed by atoms with Crippen LogP contribution in [0.25, 0.3) is 0 Å².